The van der Waals surface area contributed by atoms with Gasteiger partial charge in [-0.05, 0) is 90.5 Å². The highest BCUT2D eigenvalue weighted by Gasteiger charge is 2.28. The smallest absolute Gasteiger partial charge is 0.122 e. The van der Waals surface area contributed by atoms with Gasteiger partial charge in [-0.3, -0.25) is 9.80 Å². The van der Waals surface area contributed by atoms with E-state index in [0.717, 1.165) is 61.4 Å². The Balaban J connectivity index is 1.77. The number of aryl methyl sites for hydroxylation is 2. The summed E-state index contributed by atoms with van der Waals surface area (Å²) in [6.07, 6.45) is 1.10. The number of benzene rings is 2. The second kappa shape index (κ2) is 10.7. The first-order valence-corrected chi connectivity index (χ1v) is 13.1. The molecule has 2 aromatic carbocycles. The van der Waals surface area contributed by atoms with Crippen LogP contribution in [0.15, 0.2) is 12.1 Å². The fraction of sp³-hybridized carbons (Fsp3) is 0.600. The molecule has 0 radical (unpaired) electrons. The van der Waals surface area contributed by atoms with Crippen molar-refractivity contribution in [2.24, 2.45) is 0 Å². The van der Waals surface area contributed by atoms with Crippen LogP contribution >= 0.6 is 0 Å². The quantitative estimate of drug-likeness (QED) is 0.478. The average Bonchev–Trinajstić information content (AvgIpc) is 2.79. The summed E-state index contributed by atoms with van der Waals surface area (Å²) in [7, 11) is 0. The van der Waals surface area contributed by atoms with Crippen LogP contribution in [0.5, 0.6) is 11.5 Å². The van der Waals surface area contributed by atoms with Crippen LogP contribution in [0.3, 0.4) is 0 Å². The molecule has 0 aliphatic carbocycles. The largest absolute Gasteiger partial charge is 0.507 e. The first kappa shape index (κ1) is 26.6. The molecule has 0 bridgehead atoms. The molecule has 1 atom stereocenters. The number of piperazine rings is 1. The van der Waals surface area contributed by atoms with Gasteiger partial charge in [0.05, 0.1) is 0 Å². The SMILES string of the molecule is CCC1CN(Cc2c(C)cc(C(C)C)c(O)c2C)CCN1Cc1c(C)cc(C(C)C)c(O)c1C. The van der Waals surface area contributed by atoms with Gasteiger partial charge >= 0.3 is 0 Å². The van der Waals surface area contributed by atoms with Crippen molar-refractivity contribution in [3.63, 3.8) is 0 Å². The molecule has 34 heavy (non-hydrogen) atoms. The van der Waals surface area contributed by atoms with Gasteiger partial charge < -0.3 is 10.2 Å². The van der Waals surface area contributed by atoms with Gasteiger partial charge in [0.1, 0.15) is 11.5 Å². The molecule has 1 saturated heterocycles. The van der Waals surface area contributed by atoms with Crippen LogP contribution in [-0.4, -0.2) is 45.7 Å². The molecule has 0 amide bonds. The van der Waals surface area contributed by atoms with E-state index in [-0.39, 0.29) is 0 Å². The summed E-state index contributed by atoms with van der Waals surface area (Å²) in [6, 6.07) is 4.83. The average molecular weight is 467 g/mol. The van der Waals surface area contributed by atoms with Crippen molar-refractivity contribution in [1.82, 2.24) is 9.80 Å². The topological polar surface area (TPSA) is 46.9 Å². The van der Waals surface area contributed by atoms with E-state index in [1.54, 1.807) is 0 Å². The predicted molar refractivity (Wildman–Crippen MR) is 143 cm³/mol. The van der Waals surface area contributed by atoms with Crippen LogP contribution in [-0.2, 0) is 13.1 Å². The molecule has 4 heteroatoms. The molecule has 0 saturated carbocycles. The Morgan fingerprint density at radius 3 is 1.71 bits per heavy atom. The van der Waals surface area contributed by atoms with Gasteiger partial charge in [0, 0.05) is 38.8 Å². The molecule has 0 aromatic heterocycles. The van der Waals surface area contributed by atoms with Gasteiger partial charge in [-0.25, -0.2) is 0 Å². The van der Waals surface area contributed by atoms with E-state index in [1.807, 2.05) is 0 Å². The molecule has 1 aliphatic heterocycles. The molecule has 1 fully saturated rings. The number of hydrogen-bond donors (Lipinski definition) is 2. The summed E-state index contributed by atoms with van der Waals surface area (Å²) in [4.78, 5) is 5.15. The maximum Gasteiger partial charge on any atom is 0.122 e. The zero-order valence-corrected chi connectivity index (χ0v) is 22.9. The van der Waals surface area contributed by atoms with Gasteiger partial charge in [0.25, 0.3) is 0 Å². The van der Waals surface area contributed by atoms with Gasteiger partial charge in [-0.1, -0.05) is 46.8 Å². The van der Waals surface area contributed by atoms with Crippen molar-refractivity contribution in [1.29, 1.82) is 0 Å². The molecular formula is C30H46N2O2. The summed E-state index contributed by atoms with van der Waals surface area (Å²) in [5.41, 5.74) is 9.27. The van der Waals surface area contributed by atoms with Gasteiger partial charge in [0.15, 0.2) is 0 Å². The molecule has 2 N–H and O–H groups in total. The summed E-state index contributed by atoms with van der Waals surface area (Å²) in [5.74, 6) is 1.58. The van der Waals surface area contributed by atoms with E-state index in [1.165, 1.54) is 22.3 Å². The number of phenols is 2. The molecular weight excluding hydrogens is 420 g/mol. The third-order valence-corrected chi connectivity index (χ3v) is 8.01. The molecule has 3 rings (SSSR count). The second-order valence-electron chi connectivity index (χ2n) is 11.0. The van der Waals surface area contributed by atoms with Crippen molar-refractivity contribution in [2.75, 3.05) is 19.6 Å². The van der Waals surface area contributed by atoms with E-state index in [0.29, 0.717) is 29.4 Å². The standard InChI is InChI=1S/C30H46N2O2/c1-10-24-15-31(16-27-20(6)13-25(18(2)3)29(33)22(27)8)11-12-32(24)17-28-21(7)14-26(19(4)5)30(34)23(28)9/h13-14,18-19,24,33-34H,10-12,15-17H2,1-9H3. The third-order valence-electron chi connectivity index (χ3n) is 8.01. The van der Waals surface area contributed by atoms with Crippen LogP contribution in [0.25, 0.3) is 0 Å². The Kier molecular flexibility index (Phi) is 8.36. The van der Waals surface area contributed by atoms with E-state index in [4.69, 9.17) is 0 Å². The van der Waals surface area contributed by atoms with E-state index in [9.17, 15) is 10.2 Å². The second-order valence-corrected chi connectivity index (χ2v) is 11.0. The predicted octanol–water partition coefficient (Wildman–Crippen LogP) is 6.67. The van der Waals surface area contributed by atoms with Crippen LogP contribution in [0.2, 0.25) is 0 Å². The molecule has 0 spiro atoms. The van der Waals surface area contributed by atoms with Gasteiger partial charge in [-0.15, -0.1) is 0 Å². The van der Waals surface area contributed by atoms with Crippen molar-refractivity contribution < 1.29 is 10.2 Å². The summed E-state index contributed by atoms with van der Waals surface area (Å²) in [6.45, 7) is 24.1. The Labute approximate surface area is 207 Å². The normalized spacial score (nSPS) is 17.8. The first-order chi connectivity index (χ1) is 16.0. The highest BCUT2D eigenvalue weighted by atomic mass is 16.3. The molecule has 4 nitrogen and oxygen atoms in total. The fourth-order valence-corrected chi connectivity index (χ4v) is 5.58. The van der Waals surface area contributed by atoms with Crippen molar-refractivity contribution in [2.45, 2.75) is 99.7 Å². The Morgan fingerprint density at radius 1 is 0.794 bits per heavy atom. The van der Waals surface area contributed by atoms with Crippen LogP contribution < -0.4 is 0 Å². The Hall–Kier alpha value is -2.04. The van der Waals surface area contributed by atoms with Crippen molar-refractivity contribution in [3.8, 4) is 11.5 Å². The minimum atomic E-state index is 0.319. The fourth-order valence-electron chi connectivity index (χ4n) is 5.58. The zero-order chi connectivity index (χ0) is 25.3. The number of aromatic hydroxyl groups is 2. The molecule has 188 valence electrons. The number of phenolic OH excluding ortho intramolecular Hbond substituents is 2. The highest BCUT2D eigenvalue weighted by Crippen LogP contribution is 2.36. The zero-order valence-electron chi connectivity index (χ0n) is 22.9. The summed E-state index contributed by atoms with van der Waals surface area (Å²) < 4.78 is 0. The lowest BCUT2D eigenvalue weighted by atomic mass is 9.91. The van der Waals surface area contributed by atoms with Crippen molar-refractivity contribution >= 4 is 0 Å². The van der Waals surface area contributed by atoms with Crippen LogP contribution in [0.1, 0.15) is 97.4 Å². The summed E-state index contributed by atoms with van der Waals surface area (Å²) in [5, 5.41) is 21.6. The van der Waals surface area contributed by atoms with Crippen LogP contribution in [0.4, 0.5) is 0 Å². The van der Waals surface area contributed by atoms with E-state index in [2.05, 4.69) is 84.2 Å². The summed E-state index contributed by atoms with van der Waals surface area (Å²) >= 11 is 0. The van der Waals surface area contributed by atoms with Crippen molar-refractivity contribution in [3.05, 3.63) is 56.6 Å². The molecule has 1 aliphatic rings. The monoisotopic (exact) mass is 466 g/mol. The van der Waals surface area contributed by atoms with Crippen LogP contribution in [0, 0.1) is 27.7 Å². The van der Waals surface area contributed by atoms with E-state index >= 15 is 0 Å². The Morgan fingerprint density at radius 2 is 1.26 bits per heavy atom. The minimum absolute atomic E-state index is 0.319. The number of nitrogens with zero attached hydrogens (tertiary/aromatic N) is 2. The molecule has 2 aromatic rings. The lowest BCUT2D eigenvalue weighted by molar-refractivity contribution is 0.0615. The van der Waals surface area contributed by atoms with Gasteiger partial charge in [-0.2, -0.15) is 0 Å². The van der Waals surface area contributed by atoms with E-state index < -0.39 is 0 Å². The highest BCUT2D eigenvalue weighted by molar-refractivity contribution is 5.51. The van der Waals surface area contributed by atoms with Gasteiger partial charge in [0.2, 0.25) is 0 Å². The Bertz CT molecular complexity index is 1030. The number of hydrogen-bond acceptors (Lipinski definition) is 4. The third kappa shape index (κ3) is 5.28. The number of rotatable bonds is 7. The lowest BCUT2D eigenvalue weighted by Gasteiger charge is -2.42. The maximum absolute atomic E-state index is 10.8. The molecule has 1 unspecified atom stereocenters. The maximum atomic E-state index is 10.8. The first-order valence-electron chi connectivity index (χ1n) is 13.1. The minimum Gasteiger partial charge on any atom is -0.507 e. The molecule has 1 heterocycles. The lowest BCUT2D eigenvalue weighted by Crippen LogP contribution is -2.52.